The van der Waals surface area contributed by atoms with Gasteiger partial charge in [0.1, 0.15) is 5.69 Å². The fraction of sp³-hybridized carbons (Fsp3) is 0.333. The van der Waals surface area contributed by atoms with Gasteiger partial charge in [-0.3, -0.25) is 9.48 Å². The average molecular weight is 351 g/mol. The highest BCUT2D eigenvalue weighted by Gasteiger charge is 2.17. The lowest BCUT2D eigenvalue weighted by atomic mass is 10.1. The van der Waals surface area contributed by atoms with Crippen molar-refractivity contribution in [1.82, 2.24) is 14.7 Å². The number of Topliss-reactive ketones (excluding diaryl/α,β-unsaturated/α-hetero) is 1. The summed E-state index contributed by atoms with van der Waals surface area (Å²) in [7, 11) is 3.99. The third-order valence-corrected chi connectivity index (χ3v) is 3.74. The smallest absolute Gasteiger partial charge is 0.186 e. The first-order chi connectivity index (χ1) is 9.97. The Morgan fingerprint density at radius 1 is 1.33 bits per heavy atom. The molecule has 112 valence electrons. The number of nitrogens with zero attached hydrogens (tertiary/aromatic N) is 3. The summed E-state index contributed by atoms with van der Waals surface area (Å²) in [5.41, 5.74) is 7.92. The van der Waals surface area contributed by atoms with Crippen LogP contribution < -0.4 is 5.73 Å². The predicted molar refractivity (Wildman–Crippen MR) is 87.4 cm³/mol. The van der Waals surface area contributed by atoms with Crippen molar-refractivity contribution < 1.29 is 4.79 Å². The summed E-state index contributed by atoms with van der Waals surface area (Å²) in [6.45, 7) is 1.51. The molecule has 0 saturated heterocycles. The van der Waals surface area contributed by atoms with Gasteiger partial charge in [-0.25, -0.2) is 0 Å². The van der Waals surface area contributed by atoms with E-state index < -0.39 is 0 Å². The number of ketones is 1. The van der Waals surface area contributed by atoms with E-state index in [1.54, 1.807) is 23.0 Å². The van der Waals surface area contributed by atoms with Gasteiger partial charge < -0.3 is 10.6 Å². The van der Waals surface area contributed by atoms with Gasteiger partial charge in [-0.2, -0.15) is 5.10 Å². The van der Waals surface area contributed by atoms with Gasteiger partial charge in [0.2, 0.25) is 0 Å². The molecule has 1 heterocycles. The molecule has 0 unspecified atom stereocenters. The van der Waals surface area contributed by atoms with E-state index in [1.807, 2.05) is 26.2 Å². The van der Waals surface area contributed by atoms with E-state index in [0.29, 0.717) is 24.3 Å². The van der Waals surface area contributed by atoms with Crippen molar-refractivity contribution in [3.63, 3.8) is 0 Å². The maximum absolute atomic E-state index is 12.5. The summed E-state index contributed by atoms with van der Waals surface area (Å²) in [6, 6.07) is 7.37. The Bertz CT molecular complexity index is 619. The number of aromatic nitrogens is 2. The molecule has 0 bridgehead atoms. The molecule has 2 aromatic rings. The maximum atomic E-state index is 12.5. The average Bonchev–Trinajstić information content (AvgIpc) is 2.80. The first kappa shape index (κ1) is 15.7. The molecule has 2 N–H and O–H groups in total. The Morgan fingerprint density at radius 3 is 2.62 bits per heavy atom. The molecule has 0 amide bonds. The van der Waals surface area contributed by atoms with Crippen molar-refractivity contribution in [2.45, 2.75) is 13.0 Å². The van der Waals surface area contributed by atoms with E-state index in [-0.39, 0.29) is 5.78 Å². The summed E-state index contributed by atoms with van der Waals surface area (Å²) in [5.74, 6) is 0.0444. The molecule has 21 heavy (non-hydrogen) atoms. The number of halogens is 1. The standard InChI is InChI=1S/C15H19BrN4O/c1-19(2)7-8-20-15(13(16)10-18-20)14(21)9-11-3-5-12(17)6-4-11/h3-6,10H,7-9,17H2,1-2H3. The van der Waals surface area contributed by atoms with Crippen molar-refractivity contribution in [3.8, 4) is 0 Å². The first-order valence-electron chi connectivity index (χ1n) is 6.71. The lowest BCUT2D eigenvalue weighted by Gasteiger charge is -2.12. The summed E-state index contributed by atoms with van der Waals surface area (Å²) in [4.78, 5) is 14.6. The Kier molecular flexibility index (Phi) is 5.14. The molecule has 0 saturated carbocycles. The van der Waals surface area contributed by atoms with Crippen LogP contribution in [0.15, 0.2) is 34.9 Å². The number of rotatable bonds is 6. The Balaban J connectivity index is 2.14. The van der Waals surface area contributed by atoms with Crippen molar-refractivity contribution in [1.29, 1.82) is 0 Å². The van der Waals surface area contributed by atoms with Gasteiger partial charge in [-0.05, 0) is 47.7 Å². The highest BCUT2D eigenvalue weighted by Crippen LogP contribution is 2.19. The van der Waals surface area contributed by atoms with Gasteiger partial charge in [-0.15, -0.1) is 0 Å². The fourth-order valence-electron chi connectivity index (χ4n) is 2.01. The van der Waals surface area contributed by atoms with E-state index >= 15 is 0 Å². The Labute approximate surface area is 132 Å². The molecule has 0 spiro atoms. The number of benzene rings is 1. The van der Waals surface area contributed by atoms with Gasteiger partial charge >= 0.3 is 0 Å². The minimum atomic E-state index is 0.0444. The summed E-state index contributed by atoms with van der Waals surface area (Å²) in [6.07, 6.45) is 2.01. The lowest BCUT2D eigenvalue weighted by Crippen LogP contribution is -2.22. The zero-order chi connectivity index (χ0) is 15.4. The monoisotopic (exact) mass is 350 g/mol. The largest absolute Gasteiger partial charge is 0.399 e. The first-order valence-corrected chi connectivity index (χ1v) is 7.50. The van der Waals surface area contributed by atoms with Crippen LogP contribution in [-0.2, 0) is 13.0 Å². The summed E-state index contributed by atoms with van der Waals surface area (Å²) < 4.78 is 2.49. The van der Waals surface area contributed by atoms with Gasteiger partial charge in [0.25, 0.3) is 0 Å². The normalized spacial score (nSPS) is 11.0. The van der Waals surface area contributed by atoms with E-state index in [9.17, 15) is 4.79 Å². The van der Waals surface area contributed by atoms with Crippen molar-refractivity contribution in [2.24, 2.45) is 0 Å². The lowest BCUT2D eigenvalue weighted by molar-refractivity contribution is 0.0981. The maximum Gasteiger partial charge on any atom is 0.186 e. The number of anilines is 1. The molecule has 1 aromatic carbocycles. The highest BCUT2D eigenvalue weighted by molar-refractivity contribution is 9.10. The van der Waals surface area contributed by atoms with E-state index in [0.717, 1.165) is 16.6 Å². The zero-order valence-electron chi connectivity index (χ0n) is 12.2. The third-order valence-electron chi connectivity index (χ3n) is 3.16. The van der Waals surface area contributed by atoms with Crippen LogP contribution in [0.3, 0.4) is 0 Å². The Hall–Kier alpha value is -1.66. The number of carbonyl (C=O) groups excluding carboxylic acids is 1. The number of hydrogen-bond acceptors (Lipinski definition) is 4. The molecule has 5 nitrogen and oxygen atoms in total. The quantitative estimate of drug-likeness (QED) is 0.640. The van der Waals surface area contributed by atoms with Gasteiger partial charge in [0.15, 0.2) is 5.78 Å². The summed E-state index contributed by atoms with van der Waals surface area (Å²) >= 11 is 3.41. The zero-order valence-corrected chi connectivity index (χ0v) is 13.8. The molecule has 0 aliphatic rings. The van der Waals surface area contributed by atoms with Gasteiger partial charge in [0, 0.05) is 18.7 Å². The predicted octanol–water partition coefficient (Wildman–Crippen LogP) is 2.21. The number of carbonyl (C=O) groups is 1. The molecule has 6 heteroatoms. The van der Waals surface area contributed by atoms with Gasteiger partial charge in [0.05, 0.1) is 17.2 Å². The molecule has 0 aliphatic carbocycles. The van der Waals surface area contributed by atoms with E-state index in [4.69, 9.17) is 5.73 Å². The van der Waals surface area contributed by atoms with Crippen LogP contribution in [0.1, 0.15) is 16.1 Å². The molecular formula is C15H19BrN4O. The topological polar surface area (TPSA) is 64.2 Å². The van der Waals surface area contributed by atoms with Crippen LogP contribution in [0.5, 0.6) is 0 Å². The van der Waals surface area contributed by atoms with Crippen LogP contribution in [0.4, 0.5) is 5.69 Å². The summed E-state index contributed by atoms with van der Waals surface area (Å²) in [5, 5.41) is 4.27. The number of likely N-dealkylation sites (N-methyl/N-ethyl adjacent to an activating group) is 1. The van der Waals surface area contributed by atoms with Crippen molar-refractivity contribution in [2.75, 3.05) is 26.4 Å². The second-order valence-corrected chi connectivity index (χ2v) is 6.06. The number of hydrogen-bond donors (Lipinski definition) is 1. The van der Waals surface area contributed by atoms with E-state index in [2.05, 4.69) is 25.9 Å². The minimum Gasteiger partial charge on any atom is -0.399 e. The molecule has 0 fully saturated rings. The second kappa shape index (κ2) is 6.87. The van der Waals surface area contributed by atoms with Crippen LogP contribution in [0.25, 0.3) is 0 Å². The Morgan fingerprint density at radius 2 is 2.00 bits per heavy atom. The fourth-order valence-corrected chi connectivity index (χ4v) is 2.53. The van der Waals surface area contributed by atoms with E-state index in [1.165, 1.54) is 0 Å². The third kappa shape index (κ3) is 4.15. The van der Waals surface area contributed by atoms with Crippen molar-refractivity contribution in [3.05, 3.63) is 46.2 Å². The molecule has 0 atom stereocenters. The minimum absolute atomic E-state index is 0.0444. The molecule has 0 radical (unpaired) electrons. The highest BCUT2D eigenvalue weighted by atomic mass is 79.9. The molecule has 1 aromatic heterocycles. The number of nitrogen functional groups attached to an aromatic ring is 1. The SMILES string of the molecule is CN(C)CCn1ncc(Br)c1C(=O)Cc1ccc(N)cc1. The van der Waals surface area contributed by atoms with Crippen LogP contribution in [0.2, 0.25) is 0 Å². The van der Waals surface area contributed by atoms with Crippen LogP contribution in [-0.4, -0.2) is 41.1 Å². The van der Waals surface area contributed by atoms with Crippen LogP contribution >= 0.6 is 15.9 Å². The molecule has 2 rings (SSSR count). The number of nitrogens with two attached hydrogens (primary N) is 1. The molecular weight excluding hydrogens is 332 g/mol. The second-order valence-electron chi connectivity index (χ2n) is 5.21. The molecule has 0 aliphatic heterocycles. The van der Waals surface area contributed by atoms with Crippen molar-refractivity contribution >= 4 is 27.4 Å². The van der Waals surface area contributed by atoms with Gasteiger partial charge in [-0.1, -0.05) is 12.1 Å². The van der Waals surface area contributed by atoms with Crippen LogP contribution in [0, 0.1) is 0 Å².